The molecule has 16 aromatic rings. The number of nitrogens with two attached hydrogens (primary N) is 4. The Labute approximate surface area is 730 Å². The number of aromatic nitrogens is 20. The minimum Gasteiger partial charge on any atom is -0.369 e. The fourth-order valence-corrected chi connectivity index (χ4v) is 18.7. The number of nitrogens with zero attached hydrogens (tertiary/aromatic N) is 20. The smallest absolute Gasteiger partial charge is 0.329 e. The predicted octanol–water partition coefficient (Wildman–Crippen LogP) is 3.14. The summed E-state index contributed by atoms with van der Waals surface area (Å²) in [6, 6.07) is 22.3. The molecule has 42 heteroatoms. The number of hydrogen-bond acceptors (Lipinski definition) is 28. The second-order valence-electron chi connectivity index (χ2n) is 32.5. The van der Waals surface area contributed by atoms with Crippen LogP contribution >= 0.6 is 11.3 Å². The van der Waals surface area contributed by atoms with E-state index in [9.17, 15) is 57.5 Å². The van der Waals surface area contributed by atoms with Gasteiger partial charge in [0.15, 0.2) is 0 Å². The van der Waals surface area contributed by atoms with Crippen molar-refractivity contribution < 1.29 is 19.2 Å². The summed E-state index contributed by atoms with van der Waals surface area (Å²) in [5.74, 6) is -1.49. The number of aromatic amines is 5. The van der Waals surface area contributed by atoms with E-state index in [1.54, 1.807) is 52.9 Å². The number of piperidine rings is 4. The lowest BCUT2D eigenvalue weighted by atomic mass is 10.0. The highest BCUT2D eigenvalue weighted by Gasteiger charge is 2.32. The summed E-state index contributed by atoms with van der Waals surface area (Å²) in [5.41, 5.74) is 32.4. The Morgan fingerprint density at radius 3 is 1.05 bits per heavy atom. The summed E-state index contributed by atoms with van der Waals surface area (Å²) in [4.78, 5) is 206. The number of rotatable bonds is 16. The normalized spacial score (nSPS) is 15.8. The number of nitrogens with one attached hydrogen (secondary N) is 5. The molecule has 0 aliphatic carbocycles. The number of carbonyl (C=O) groups excluding carboxylic acids is 4. The van der Waals surface area contributed by atoms with E-state index >= 15 is 0 Å². The first-order chi connectivity index (χ1) is 62.4. The van der Waals surface area contributed by atoms with Crippen molar-refractivity contribution in [3.8, 4) is 45.0 Å². The van der Waals surface area contributed by atoms with Crippen molar-refractivity contribution in [3.63, 3.8) is 0 Å². The monoisotopic (exact) mass is 1760 g/mol. The standard InChI is InChI=1S/C25H23N7O3.C21H22N8O3.C21H20N6O3S.C20H20N8O3/c26-21(33)13-31-7-5-17(6-8-31)32-23-18(24(34)30-25(32)35)12-28-20-4-3-19(29-22(20)23)14-1-2-15-10-27-11-16(15)9-14;1-27-10-12(8-24-27)15-2-3-16-18(25-15)19-14(9-23-16)20(31)26-21(32)29(19)13-4-6-28(7-5-13)11-17(22)30;22-17(28)10-26-6-3-13(4-7-26)27-19-14(20(29)25-21(27)30)9-23-16-2-1-15(24-18(16)19)12-5-8-31-11-12;21-16(29)10-27-5-3-12(4-6-27)28-18-13(19(30)26-20(28)31)9-22-15-2-1-14(25-17(15)18)11-7-23-24-8-11/h1-4,9,11-12,17H,5-8,10,13H2,(H2,26,33)(H,30,34,35);2-3,8-10,13H,4-7,11H2,1H3,(H2,22,30)(H,26,31,32);1-2,5,8-9,11,13H,3-4,6-7,10H2,(H2,22,28)(H,25,29,30);1-2,7-9,12H,3-6,10H2,(H2,21,29)(H,23,24)(H,26,30,31). The van der Waals surface area contributed by atoms with Gasteiger partial charge in [0.1, 0.15) is 22.1 Å². The molecule has 5 aliphatic heterocycles. The van der Waals surface area contributed by atoms with Crippen LogP contribution in [0.5, 0.6) is 0 Å². The molecule has 129 heavy (non-hydrogen) atoms. The Morgan fingerprint density at radius 1 is 0.403 bits per heavy atom. The zero-order chi connectivity index (χ0) is 89.6. The summed E-state index contributed by atoms with van der Waals surface area (Å²) in [6.07, 6.45) is 19.9. The van der Waals surface area contributed by atoms with Crippen LogP contribution in [0.4, 0.5) is 0 Å². The van der Waals surface area contributed by atoms with Gasteiger partial charge in [-0.1, -0.05) is 12.1 Å². The van der Waals surface area contributed by atoms with Crippen LogP contribution in [-0.4, -0.2) is 226 Å². The first-order valence-corrected chi connectivity index (χ1v) is 42.8. The summed E-state index contributed by atoms with van der Waals surface area (Å²) >= 11 is 1.58. The Balaban J connectivity index is 0.000000116. The highest BCUT2D eigenvalue weighted by molar-refractivity contribution is 7.08. The van der Waals surface area contributed by atoms with Crippen LogP contribution in [0, 0.1) is 0 Å². The maximum Gasteiger partial charge on any atom is 0.329 e. The number of aliphatic imine (C=N–C) groups is 1. The summed E-state index contributed by atoms with van der Waals surface area (Å²) < 4.78 is 8.22. The summed E-state index contributed by atoms with van der Waals surface area (Å²) in [7, 11) is 1.82. The molecule has 0 radical (unpaired) electrons. The Morgan fingerprint density at radius 2 is 0.744 bits per heavy atom. The van der Waals surface area contributed by atoms with E-state index in [0.717, 1.165) is 39.2 Å². The number of fused-ring (bicyclic) bond motifs is 13. The molecule has 15 aromatic heterocycles. The van der Waals surface area contributed by atoms with E-state index in [0.29, 0.717) is 209 Å². The predicted molar refractivity (Wildman–Crippen MR) is 483 cm³/mol. The van der Waals surface area contributed by atoms with E-state index in [-0.39, 0.29) is 74.0 Å². The van der Waals surface area contributed by atoms with Gasteiger partial charge in [0, 0.05) is 155 Å². The van der Waals surface area contributed by atoms with E-state index in [4.69, 9.17) is 42.9 Å². The molecule has 41 nitrogen and oxygen atoms in total. The molecule has 20 heterocycles. The van der Waals surface area contributed by atoms with Gasteiger partial charge in [0.25, 0.3) is 22.2 Å². The molecule has 0 atom stereocenters. The number of hydrogen-bond donors (Lipinski definition) is 9. The van der Waals surface area contributed by atoms with Gasteiger partial charge in [-0.25, -0.2) is 39.1 Å². The van der Waals surface area contributed by atoms with Gasteiger partial charge in [-0.2, -0.15) is 21.5 Å². The van der Waals surface area contributed by atoms with Crippen LogP contribution < -0.4 is 67.9 Å². The van der Waals surface area contributed by atoms with Crippen LogP contribution in [0.25, 0.3) is 133 Å². The number of carbonyl (C=O) groups is 4. The van der Waals surface area contributed by atoms with E-state index in [1.807, 2.05) is 123 Å². The van der Waals surface area contributed by atoms with Crippen molar-refractivity contribution in [2.45, 2.75) is 82.1 Å². The molecule has 4 saturated heterocycles. The lowest BCUT2D eigenvalue weighted by Crippen LogP contribution is -2.42. The van der Waals surface area contributed by atoms with Gasteiger partial charge < -0.3 is 22.9 Å². The lowest BCUT2D eigenvalue weighted by molar-refractivity contribution is -0.120. The van der Waals surface area contributed by atoms with Gasteiger partial charge in [0.2, 0.25) is 23.6 Å². The van der Waals surface area contributed by atoms with Crippen molar-refractivity contribution in [2.75, 3.05) is 78.5 Å². The molecule has 4 fully saturated rings. The zero-order valence-electron chi connectivity index (χ0n) is 69.5. The minimum absolute atomic E-state index is 0.131. The van der Waals surface area contributed by atoms with Crippen LogP contribution in [0.2, 0.25) is 0 Å². The molecule has 0 saturated carbocycles. The fraction of sp³-hybridized carbons (Fsp3) is 0.299. The fourth-order valence-electron chi connectivity index (χ4n) is 18.0. The molecular formula is C87H85N29O12S. The van der Waals surface area contributed by atoms with E-state index in [1.165, 1.54) is 30.4 Å². The topological polar surface area (TPSA) is 567 Å². The number of likely N-dealkylation sites (tertiary alicyclic amines) is 4. The van der Waals surface area contributed by atoms with Crippen molar-refractivity contribution in [2.24, 2.45) is 35.0 Å². The van der Waals surface area contributed by atoms with Crippen molar-refractivity contribution >= 4 is 129 Å². The first-order valence-electron chi connectivity index (χ1n) is 41.8. The van der Waals surface area contributed by atoms with Crippen molar-refractivity contribution in [3.05, 3.63) is 228 Å². The summed E-state index contributed by atoms with van der Waals surface area (Å²) in [6.45, 7) is 6.47. The molecule has 0 spiro atoms. The minimum atomic E-state index is -0.493. The third kappa shape index (κ3) is 17.3. The SMILES string of the molecule is Cn1cc(-c2ccc3ncc4c(=O)[nH]c(=O)n(C5CCN(CC(N)=O)CC5)c4c3n2)cn1.NC(=O)CN1CCC(n2c(=O)[nH]c(=O)c3cnc4ccc(-c5ccc6c(c5)C=NC6)nc4c32)CC1.NC(=O)CN1CCC(n2c(=O)[nH]c(=O)c3cnc4ccc(-c5ccsc5)nc4c32)CC1.NC(=O)CN1CCC(n2c(=O)[nH]c(=O)c3cnc4ccc(-c5cn[nH]c5)nc4c32)CC1. The lowest BCUT2D eigenvalue weighted by Gasteiger charge is -2.32. The largest absolute Gasteiger partial charge is 0.369 e. The van der Waals surface area contributed by atoms with Gasteiger partial charge in [0.05, 0.1) is 134 Å². The van der Waals surface area contributed by atoms with Crippen LogP contribution in [0.1, 0.15) is 86.7 Å². The van der Waals surface area contributed by atoms with Gasteiger partial charge >= 0.3 is 22.8 Å². The van der Waals surface area contributed by atoms with Crippen LogP contribution in [-0.2, 0) is 32.8 Å². The third-order valence-electron chi connectivity index (χ3n) is 24.2. The number of amides is 4. The average molecular weight is 1760 g/mol. The molecule has 1 aromatic carbocycles. The van der Waals surface area contributed by atoms with Crippen molar-refractivity contribution in [1.82, 2.24) is 118 Å². The second kappa shape index (κ2) is 35.6. The molecule has 21 rings (SSSR count). The Bertz CT molecular complexity index is 7500. The first kappa shape index (κ1) is 84.6. The average Bonchev–Trinajstić information content (AvgIpc) is 1.21. The third-order valence-corrected chi connectivity index (χ3v) is 24.9. The van der Waals surface area contributed by atoms with Crippen molar-refractivity contribution in [1.29, 1.82) is 0 Å². The van der Waals surface area contributed by atoms with E-state index < -0.39 is 45.0 Å². The maximum absolute atomic E-state index is 13.1. The second-order valence-corrected chi connectivity index (χ2v) is 33.3. The summed E-state index contributed by atoms with van der Waals surface area (Å²) in [5, 5.41) is 16.2. The van der Waals surface area contributed by atoms with Crippen LogP contribution in [0.3, 0.4) is 0 Å². The highest BCUT2D eigenvalue weighted by Crippen LogP contribution is 2.36. The van der Waals surface area contributed by atoms with Gasteiger partial charge in [-0.15, -0.1) is 0 Å². The molecule has 4 amide bonds. The molecule has 5 aliphatic rings. The molecular weight excluding hydrogens is 1680 g/mol. The quantitative estimate of drug-likeness (QED) is 0.0627. The molecule has 0 unspecified atom stereocenters. The maximum atomic E-state index is 13.1. The number of pyridine rings is 8. The number of primary amides is 4. The number of benzene rings is 1. The number of aryl methyl sites for hydroxylation is 1. The highest BCUT2D eigenvalue weighted by atomic mass is 32.1. The van der Waals surface area contributed by atoms with Gasteiger partial charge in [-0.05, 0) is 129 Å². The molecule has 13 N–H and O–H groups in total. The Hall–Kier alpha value is -15.3. The number of thiophene rings is 1. The molecule has 0 bridgehead atoms. The Kier molecular flexibility index (Phi) is 23.4. The van der Waals surface area contributed by atoms with Gasteiger partial charge in [-0.3, -0.25) is 131 Å². The van der Waals surface area contributed by atoms with Crippen LogP contribution in [0.15, 0.2) is 176 Å². The molecule has 656 valence electrons. The zero-order valence-corrected chi connectivity index (χ0v) is 70.3. The van der Waals surface area contributed by atoms with E-state index in [2.05, 4.69) is 60.2 Å². The number of H-pyrrole nitrogens is 5.